The zero-order chi connectivity index (χ0) is 14.0. The molecular weight excluding hydrogens is 355 g/mol. The molecule has 1 heterocycles. The minimum atomic E-state index is -0.378. The van der Waals surface area contributed by atoms with E-state index in [0.717, 1.165) is 9.26 Å². The summed E-state index contributed by atoms with van der Waals surface area (Å²) in [6.07, 6.45) is 0. The molecule has 0 N–H and O–H groups in total. The van der Waals surface area contributed by atoms with E-state index in [9.17, 15) is 9.59 Å². The molecular formula is C14H13IN2O2. The molecule has 0 spiro atoms. The van der Waals surface area contributed by atoms with E-state index in [0.29, 0.717) is 11.3 Å². The van der Waals surface area contributed by atoms with Gasteiger partial charge in [0.15, 0.2) is 5.78 Å². The first-order chi connectivity index (χ1) is 8.97. The number of hydrogen-bond donors (Lipinski definition) is 0. The summed E-state index contributed by atoms with van der Waals surface area (Å²) >= 11 is 2.18. The highest BCUT2D eigenvalue weighted by molar-refractivity contribution is 14.1. The highest BCUT2D eigenvalue weighted by Crippen LogP contribution is 2.08. The van der Waals surface area contributed by atoms with E-state index in [-0.39, 0.29) is 18.0 Å². The van der Waals surface area contributed by atoms with Crippen LogP contribution in [0, 0.1) is 17.4 Å². The standard InChI is InChI=1S/C14H13IN2O2/c1-9-7-10(2)17(14(19)16-9)8-13(18)11-3-5-12(15)6-4-11/h3-7H,8H2,1-2H3. The Hall–Kier alpha value is -1.50. The Morgan fingerprint density at radius 2 is 1.89 bits per heavy atom. The van der Waals surface area contributed by atoms with Crippen LogP contribution >= 0.6 is 22.6 Å². The fraction of sp³-hybridized carbons (Fsp3) is 0.214. The van der Waals surface area contributed by atoms with Gasteiger partial charge >= 0.3 is 5.69 Å². The zero-order valence-electron chi connectivity index (χ0n) is 10.7. The smallest absolute Gasteiger partial charge is 0.292 e. The third-order valence-corrected chi connectivity index (χ3v) is 3.53. The van der Waals surface area contributed by atoms with E-state index >= 15 is 0 Å². The SMILES string of the molecule is Cc1cc(C)n(CC(=O)c2ccc(I)cc2)c(=O)n1. The summed E-state index contributed by atoms with van der Waals surface area (Å²) in [4.78, 5) is 27.8. The molecule has 0 saturated carbocycles. The Bertz CT molecular complexity index is 675. The second-order valence-corrected chi connectivity index (χ2v) is 5.58. The topological polar surface area (TPSA) is 52.0 Å². The maximum absolute atomic E-state index is 12.1. The summed E-state index contributed by atoms with van der Waals surface area (Å²) in [5.41, 5.74) is 1.64. The molecule has 0 amide bonds. The molecule has 1 aromatic heterocycles. The molecule has 2 rings (SSSR count). The van der Waals surface area contributed by atoms with Crippen LogP contribution in [0.25, 0.3) is 0 Å². The second kappa shape index (κ2) is 5.64. The van der Waals surface area contributed by atoms with Crippen molar-refractivity contribution in [3.63, 3.8) is 0 Å². The average Bonchev–Trinajstić information content (AvgIpc) is 2.34. The van der Waals surface area contributed by atoms with Gasteiger partial charge in [0.1, 0.15) is 0 Å². The van der Waals surface area contributed by atoms with Gasteiger partial charge in [-0.15, -0.1) is 0 Å². The van der Waals surface area contributed by atoms with Gasteiger partial charge in [-0.2, -0.15) is 4.98 Å². The first kappa shape index (κ1) is 13.9. The quantitative estimate of drug-likeness (QED) is 0.618. The minimum absolute atomic E-state index is 0.0263. The summed E-state index contributed by atoms with van der Waals surface area (Å²) in [6, 6.07) is 9.08. The number of hydrogen-bond acceptors (Lipinski definition) is 3. The first-order valence-corrected chi connectivity index (χ1v) is 6.89. The van der Waals surface area contributed by atoms with Crippen molar-refractivity contribution in [3.8, 4) is 0 Å². The third kappa shape index (κ3) is 3.28. The molecule has 19 heavy (non-hydrogen) atoms. The predicted octanol–water partition coefficient (Wildman–Crippen LogP) is 2.35. The van der Waals surface area contributed by atoms with Crippen molar-refractivity contribution in [1.82, 2.24) is 9.55 Å². The summed E-state index contributed by atoms with van der Waals surface area (Å²) in [5.74, 6) is -0.0905. The van der Waals surface area contributed by atoms with Gasteiger partial charge in [-0.3, -0.25) is 9.36 Å². The molecule has 5 heteroatoms. The Morgan fingerprint density at radius 3 is 2.47 bits per heavy atom. The molecule has 0 aliphatic rings. The summed E-state index contributed by atoms with van der Waals surface area (Å²) < 4.78 is 2.47. The highest BCUT2D eigenvalue weighted by Gasteiger charge is 2.10. The number of aromatic nitrogens is 2. The molecule has 0 atom stereocenters. The fourth-order valence-electron chi connectivity index (χ4n) is 1.84. The van der Waals surface area contributed by atoms with Gasteiger partial charge in [-0.05, 0) is 54.6 Å². The summed E-state index contributed by atoms with van der Waals surface area (Å²) in [7, 11) is 0. The van der Waals surface area contributed by atoms with Crippen LogP contribution in [-0.4, -0.2) is 15.3 Å². The number of aryl methyl sites for hydroxylation is 2. The Kier molecular flexibility index (Phi) is 4.14. The van der Waals surface area contributed by atoms with Crippen molar-refractivity contribution < 1.29 is 4.79 Å². The molecule has 0 aliphatic heterocycles. The number of rotatable bonds is 3. The monoisotopic (exact) mass is 368 g/mol. The average molecular weight is 368 g/mol. The van der Waals surface area contributed by atoms with E-state index in [4.69, 9.17) is 0 Å². The van der Waals surface area contributed by atoms with Crippen molar-refractivity contribution in [1.29, 1.82) is 0 Å². The van der Waals surface area contributed by atoms with Crippen molar-refractivity contribution in [2.24, 2.45) is 0 Å². The van der Waals surface area contributed by atoms with E-state index in [2.05, 4.69) is 27.6 Å². The van der Waals surface area contributed by atoms with Gasteiger partial charge < -0.3 is 0 Å². The van der Waals surface area contributed by atoms with Gasteiger partial charge in [0, 0.05) is 20.5 Å². The zero-order valence-corrected chi connectivity index (χ0v) is 12.8. The Morgan fingerprint density at radius 1 is 1.26 bits per heavy atom. The van der Waals surface area contributed by atoms with Crippen molar-refractivity contribution in [2.45, 2.75) is 20.4 Å². The Labute approximate surface area is 124 Å². The lowest BCUT2D eigenvalue weighted by atomic mass is 10.1. The van der Waals surface area contributed by atoms with Crippen molar-refractivity contribution >= 4 is 28.4 Å². The third-order valence-electron chi connectivity index (χ3n) is 2.81. The maximum Gasteiger partial charge on any atom is 0.348 e. The molecule has 0 saturated heterocycles. The molecule has 0 aliphatic carbocycles. The number of Topliss-reactive ketones (excluding diaryl/α,β-unsaturated/α-hetero) is 1. The molecule has 0 fully saturated rings. The number of nitrogens with zero attached hydrogens (tertiary/aromatic N) is 2. The number of ketones is 1. The lowest BCUT2D eigenvalue weighted by molar-refractivity contribution is 0.0969. The van der Waals surface area contributed by atoms with Gasteiger partial charge in [-0.25, -0.2) is 4.79 Å². The molecule has 0 unspecified atom stereocenters. The number of halogens is 1. The van der Waals surface area contributed by atoms with Gasteiger partial charge in [0.2, 0.25) is 0 Å². The van der Waals surface area contributed by atoms with E-state index in [1.807, 2.05) is 12.1 Å². The van der Waals surface area contributed by atoms with Crippen LogP contribution in [0.5, 0.6) is 0 Å². The molecule has 2 aromatic rings. The van der Waals surface area contributed by atoms with E-state index in [1.165, 1.54) is 4.57 Å². The fourth-order valence-corrected chi connectivity index (χ4v) is 2.20. The van der Waals surface area contributed by atoms with Gasteiger partial charge in [0.25, 0.3) is 0 Å². The summed E-state index contributed by atoms with van der Waals surface area (Å²) in [5, 5.41) is 0. The maximum atomic E-state index is 12.1. The van der Waals surface area contributed by atoms with Crippen LogP contribution in [0.2, 0.25) is 0 Å². The lowest BCUT2D eigenvalue weighted by Gasteiger charge is -2.09. The van der Waals surface area contributed by atoms with Crippen LogP contribution in [0.1, 0.15) is 21.7 Å². The minimum Gasteiger partial charge on any atom is -0.292 e. The number of carbonyl (C=O) groups excluding carboxylic acids is 1. The van der Waals surface area contributed by atoms with E-state index < -0.39 is 0 Å². The predicted molar refractivity (Wildman–Crippen MR) is 81.5 cm³/mol. The van der Waals surface area contributed by atoms with Gasteiger partial charge in [0.05, 0.1) is 6.54 Å². The number of carbonyl (C=O) groups is 1. The molecule has 0 radical (unpaired) electrons. The van der Waals surface area contributed by atoms with Crippen LogP contribution in [-0.2, 0) is 6.54 Å². The van der Waals surface area contributed by atoms with Crippen LogP contribution < -0.4 is 5.69 Å². The largest absolute Gasteiger partial charge is 0.348 e. The molecule has 4 nitrogen and oxygen atoms in total. The Balaban J connectivity index is 2.29. The van der Waals surface area contributed by atoms with Crippen LogP contribution in [0.15, 0.2) is 35.1 Å². The van der Waals surface area contributed by atoms with Crippen LogP contribution in [0.3, 0.4) is 0 Å². The van der Waals surface area contributed by atoms with Crippen molar-refractivity contribution in [2.75, 3.05) is 0 Å². The lowest BCUT2D eigenvalue weighted by Crippen LogP contribution is -2.28. The second-order valence-electron chi connectivity index (χ2n) is 4.34. The highest BCUT2D eigenvalue weighted by atomic mass is 127. The summed E-state index contributed by atoms with van der Waals surface area (Å²) in [6.45, 7) is 3.59. The van der Waals surface area contributed by atoms with Crippen LogP contribution in [0.4, 0.5) is 0 Å². The molecule has 0 bridgehead atoms. The van der Waals surface area contributed by atoms with Gasteiger partial charge in [-0.1, -0.05) is 12.1 Å². The normalized spacial score (nSPS) is 10.5. The van der Waals surface area contributed by atoms with E-state index in [1.54, 1.807) is 32.0 Å². The molecule has 1 aromatic carbocycles. The number of benzene rings is 1. The molecule has 98 valence electrons. The first-order valence-electron chi connectivity index (χ1n) is 5.81. The van der Waals surface area contributed by atoms with Crippen molar-refractivity contribution in [3.05, 3.63) is 61.3 Å².